The number of morpholine rings is 1. The van der Waals surface area contributed by atoms with Gasteiger partial charge in [0.05, 0.1) is 18.8 Å². The summed E-state index contributed by atoms with van der Waals surface area (Å²) < 4.78 is 5.61. The van der Waals surface area contributed by atoms with Crippen molar-refractivity contribution in [2.75, 3.05) is 13.2 Å². The fourth-order valence-corrected chi connectivity index (χ4v) is 2.43. The number of carbonyl (C=O) groups is 1. The number of nitrogens with zero attached hydrogens (tertiary/aromatic N) is 1. The molecule has 2 rings (SSSR count). The van der Waals surface area contributed by atoms with Crippen molar-refractivity contribution in [2.45, 2.75) is 38.5 Å². The molecule has 3 atom stereocenters. The first-order valence-corrected chi connectivity index (χ1v) is 6.86. The zero-order valence-electron chi connectivity index (χ0n) is 11.6. The van der Waals surface area contributed by atoms with Crippen LogP contribution in [0.5, 0.6) is 0 Å². The zero-order valence-corrected chi connectivity index (χ0v) is 11.6. The van der Waals surface area contributed by atoms with E-state index in [1.54, 1.807) is 0 Å². The maximum absolute atomic E-state index is 12.6. The third-order valence-electron chi connectivity index (χ3n) is 3.65. The van der Waals surface area contributed by atoms with Crippen molar-refractivity contribution in [2.24, 2.45) is 5.73 Å². The van der Waals surface area contributed by atoms with Gasteiger partial charge in [-0.3, -0.25) is 4.79 Å². The van der Waals surface area contributed by atoms with E-state index in [0.717, 1.165) is 12.0 Å². The summed E-state index contributed by atoms with van der Waals surface area (Å²) in [5.41, 5.74) is 6.96. The standard InChI is InChI=1S/C15H22N2O2/c1-3-13-10-19-11(2)9-17(13)15(18)14(16)12-7-5-4-6-8-12/h4-8,11,13-14H,3,9-10,16H2,1-2H3/t11?,13?,14-/m0/s1. The van der Waals surface area contributed by atoms with Gasteiger partial charge in [0.1, 0.15) is 6.04 Å². The lowest BCUT2D eigenvalue weighted by Crippen LogP contribution is -2.53. The van der Waals surface area contributed by atoms with Crippen LogP contribution in [-0.2, 0) is 9.53 Å². The minimum absolute atomic E-state index is 0.00630. The Labute approximate surface area is 114 Å². The molecule has 0 aromatic heterocycles. The first kappa shape index (κ1) is 14.0. The van der Waals surface area contributed by atoms with E-state index in [1.165, 1.54) is 0 Å². The van der Waals surface area contributed by atoms with E-state index in [0.29, 0.717) is 13.2 Å². The number of benzene rings is 1. The Morgan fingerprint density at radius 1 is 1.47 bits per heavy atom. The number of amides is 1. The molecule has 104 valence electrons. The highest BCUT2D eigenvalue weighted by atomic mass is 16.5. The van der Waals surface area contributed by atoms with E-state index in [2.05, 4.69) is 6.92 Å². The van der Waals surface area contributed by atoms with Crippen LogP contribution in [0.3, 0.4) is 0 Å². The third-order valence-corrected chi connectivity index (χ3v) is 3.65. The van der Waals surface area contributed by atoms with E-state index in [4.69, 9.17) is 10.5 Å². The summed E-state index contributed by atoms with van der Waals surface area (Å²) in [5.74, 6) is -0.00630. The van der Waals surface area contributed by atoms with Crippen LogP contribution in [0.25, 0.3) is 0 Å². The number of ether oxygens (including phenoxy) is 1. The summed E-state index contributed by atoms with van der Waals surface area (Å²) in [7, 11) is 0. The highest BCUT2D eigenvalue weighted by Crippen LogP contribution is 2.20. The molecule has 1 saturated heterocycles. The van der Waals surface area contributed by atoms with Gasteiger partial charge in [-0.05, 0) is 18.9 Å². The van der Waals surface area contributed by atoms with Gasteiger partial charge in [-0.2, -0.15) is 0 Å². The number of nitrogens with two attached hydrogens (primary N) is 1. The SMILES string of the molecule is CCC1COC(C)CN1C(=O)[C@@H](N)c1ccccc1. The molecule has 1 fully saturated rings. The molecule has 1 aromatic rings. The zero-order chi connectivity index (χ0) is 13.8. The number of hydrogen-bond acceptors (Lipinski definition) is 3. The molecule has 1 heterocycles. The Hall–Kier alpha value is -1.39. The fraction of sp³-hybridized carbons (Fsp3) is 0.533. The van der Waals surface area contributed by atoms with Crippen molar-refractivity contribution in [3.05, 3.63) is 35.9 Å². The maximum Gasteiger partial charge on any atom is 0.244 e. The molecular weight excluding hydrogens is 240 g/mol. The summed E-state index contributed by atoms with van der Waals surface area (Å²) in [6.07, 6.45) is 0.967. The van der Waals surface area contributed by atoms with Crippen LogP contribution in [0, 0.1) is 0 Å². The molecular formula is C15H22N2O2. The van der Waals surface area contributed by atoms with Gasteiger partial charge in [0.25, 0.3) is 0 Å². The molecule has 4 nitrogen and oxygen atoms in total. The molecule has 2 N–H and O–H groups in total. The van der Waals surface area contributed by atoms with Crippen LogP contribution >= 0.6 is 0 Å². The number of rotatable bonds is 3. The second kappa shape index (κ2) is 6.17. The topological polar surface area (TPSA) is 55.6 Å². The number of hydrogen-bond donors (Lipinski definition) is 1. The quantitative estimate of drug-likeness (QED) is 0.902. The molecule has 1 aromatic carbocycles. The highest BCUT2D eigenvalue weighted by Gasteiger charge is 2.32. The van der Waals surface area contributed by atoms with Crippen LogP contribution in [-0.4, -0.2) is 36.1 Å². The van der Waals surface area contributed by atoms with Crippen LogP contribution in [0.4, 0.5) is 0 Å². The predicted molar refractivity (Wildman–Crippen MR) is 74.6 cm³/mol. The van der Waals surface area contributed by atoms with Crippen molar-refractivity contribution in [1.82, 2.24) is 4.90 Å². The predicted octanol–water partition coefficient (Wildman–Crippen LogP) is 1.71. The van der Waals surface area contributed by atoms with E-state index in [9.17, 15) is 4.79 Å². The maximum atomic E-state index is 12.6. The van der Waals surface area contributed by atoms with E-state index < -0.39 is 6.04 Å². The fourth-order valence-electron chi connectivity index (χ4n) is 2.43. The van der Waals surface area contributed by atoms with Gasteiger partial charge in [-0.15, -0.1) is 0 Å². The van der Waals surface area contributed by atoms with E-state index >= 15 is 0 Å². The summed E-state index contributed by atoms with van der Waals surface area (Å²) in [6, 6.07) is 9.08. The Balaban J connectivity index is 2.13. The average Bonchev–Trinajstić information content (AvgIpc) is 2.46. The molecule has 0 radical (unpaired) electrons. The smallest absolute Gasteiger partial charge is 0.244 e. The summed E-state index contributed by atoms with van der Waals surface area (Å²) >= 11 is 0. The lowest BCUT2D eigenvalue weighted by molar-refractivity contribution is -0.145. The second-order valence-corrected chi connectivity index (χ2v) is 5.08. The lowest BCUT2D eigenvalue weighted by atomic mass is 10.0. The van der Waals surface area contributed by atoms with Crippen LogP contribution in [0.1, 0.15) is 31.9 Å². The highest BCUT2D eigenvalue weighted by molar-refractivity contribution is 5.83. The minimum Gasteiger partial charge on any atom is -0.375 e. The van der Waals surface area contributed by atoms with Crippen molar-refractivity contribution >= 4 is 5.91 Å². The first-order chi connectivity index (χ1) is 9.13. The van der Waals surface area contributed by atoms with Crippen LogP contribution < -0.4 is 5.73 Å². The number of carbonyl (C=O) groups excluding carboxylic acids is 1. The molecule has 4 heteroatoms. The van der Waals surface area contributed by atoms with Gasteiger partial charge in [0.2, 0.25) is 5.91 Å². The molecule has 1 aliphatic heterocycles. The summed E-state index contributed by atoms with van der Waals surface area (Å²) in [6.45, 7) is 5.28. The van der Waals surface area contributed by atoms with Crippen molar-refractivity contribution in [3.8, 4) is 0 Å². The van der Waals surface area contributed by atoms with Gasteiger partial charge in [0, 0.05) is 6.54 Å². The van der Waals surface area contributed by atoms with Crippen LogP contribution in [0.2, 0.25) is 0 Å². The Morgan fingerprint density at radius 3 is 2.79 bits per heavy atom. The van der Waals surface area contributed by atoms with Gasteiger partial charge in [-0.1, -0.05) is 37.3 Å². The minimum atomic E-state index is -0.583. The Bertz CT molecular complexity index is 421. The molecule has 0 saturated carbocycles. The average molecular weight is 262 g/mol. The molecule has 2 unspecified atom stereocenters. The lowest BCUT2D eigenvalue weighted by Gasteiger charge is -2.39. The van der Waals surface area contributed by atoms with Crippen molar-refractivity contribution in [3.63, 3.8) is 0 Å². The Kier molecular flexibility index (Phi) is 4.56. The second-order valence-electron chi connectivity index (χ2n) is 5.08. The third kappa shape index (κ3) is 3.14. The van der Waals surface area contributed by atoms with Gasteiger partial charge < -0.3 is 15.4 Å². The van der Waals surface area contributed by atoms with Crippen molar-refractivity contribution in [1.29, 1.82) is 0 Å². The molecule has 0 aliphatic carbocycles. The molecule has 0 bridgehead atoms. The van der Waals surface area contributed by atoms with Gasteiger partial charge >= 0.3 is 0 Å². The van der Waals surface area contributed by atoms with E-state index in [1.807, 2.05) is 42.2 Å². The monoisotopic (exact) mass is 262 g/mol. The van der Waals surface area contributed by atoms with Crippen LogP contribution in [0.15, 0.2) is 30.3 Å². The normalized spacial score (nSPS) is 25.1. The largest absolute Gasteiger partial charge is 0.375 e. The molecule has 1 amide bonds. The van der Waals surface area contributed by atoms with Crippen molar-refractivity contribution < 1.29 is 9.53 Å². The molecule has 0 spiro atoms. The summed E-state index contributed by atoms with van der Waals surface area (Å²) in [5, 5.41) is 0. The van der Waals surface area contributed by atoms with E-state index in [-0.39, 0.29) is 18.1 Å². The molecule has 19 heavy (non-hydrogen) atoms. The Morgan fingerprint density at radius 2 is 2.16 bits per heavy atom. The van der Waals surface area contributed by atoms with Gasteiger partial charge in [-0.25, -0.2) is 0 Å². The summed E-state index contributed by atoms with van der Waals surface area (Å²) in [4.78, 5) is 14.4. The van der Waals surface area contributed by atoms with Gasteiger partial charge in [0.15, 0.2) is 0 Å². The first-order valence-electron chi connectivity index (χ1n) is 6.86. The molecule has 1 aliphatic rings.